The predicted octanol–water partition coefficient (Wildman–Crippen LogP) is 2.84. The molecule has 0 spiro atoms. The van der Waals surface area contributed by atoms with E-state index in [0.717, 1.165) is 25.1 Å². The molecule has 0 bridgehead atoms. The predicted molar refractivity (Wildman–Crippen MR) is 65.1 cm³/mol. The van der Waals surface area contributed by atoms with Crippen LogP contribution in [0.5, 0.6) is 5.75 Å². The van der Waals surface area contributed by atoms with Gasteiger partial charge in [0.25, 0.3) is 0 Å². The van der Waals surface area contributed by atoms with Crippen molar-refractivity contribution in [3.63, 3.8) is 0 Å². The molecule has 0 aliphatic carbocycles. The van der Waals surface area contributed by atoms with E-state index in [2.05, 4.69) is 21.2 Å². The lowest BCUT2D eigenvalue weighted by molar-refractivity contribution is 0.374. The van der Waals surface area contributed by atoms with Gasteiger partial charge in [-0.25, -0.2) is 4.39 Å². The fourth-order valence-electron chi connectivity index (χ4n) is 2.18. The number of phenolic OH excluding ortho intramolecular Hbond substituents is 1. The first kappa shape index (κ1) is 11.9. The van der Waals surface area contributed by atoms with E-state index in [1.165, 1.54) is 18.9 Å². The molecule has 16 heavy (non-hydrogen) atoms. The van der Waals surface area contributed by atoms with Crippen molar-refractivity contribution in [2.75, 3.05) is 13.1 Å². The van der Waals surface area contributed by atoms with Crippen LogP contribution in [0.25, 0.3) is 0 Å². The zero-order valence-electron chi connectivity index (χ0n) is 8.97. The molecule has 0 aromatic heterocycles. The lowest BCUT2D eigenvalue weighted by Gasteiger charge is -2.22. The Morgan fingerprint density at radius 2 is 2.31 bits per heavy atom. The van der Waals surface area contributed by atoms with Crippen LogP contribution >= 0.6 is 15.9 Å². The van der Waals surface area contributed by atoms with Crippen LogP contribution in [0.3, 0.4) is 0 Å². The average Bonchev–Trinajstić information content (AvgIpc) is 2.27. The second kappa shape index (κ2) is 5.15. The van der Waals surface area contributed by atoms with Gasteiger partial charge in [-0.1, -0.05) is 0 Å². The van der Waals surface area contributed by atoms with E-state index in [4.69, 9.17) is 0 Å². The molecule has 1 heterocycles. The van der Waals surface area contributed by atoms with Crippen LogP contribution in [0.15, 0.2) is 16.6 Å². The maximum atomic E-state index is 13.2. The minimum absolute atomic E-state index is 0.270. The lowest BCUT2D eigenvalue weighted by Crippen LogP contribution is -2.30. The van der Waals surface area contributed by atoms with Crippen molar-refractivity contribution in [1.82, 2.24) is 5.32 Å². The van der Waals surface area contributed by atoms with E-state index in [9.17, 15) is 9.50 Å². The molecule has 2 nitrogen and oxygen atoms in total. The topological polar surface area (TPSA) is 32.3 Å². The maximum absolute atomic E-state index is 13.2. The summed E-state index contributed by atoms with van der Waals surface area (Å²) in [6.45, 7) is 2.10. The second-order valence-electron chi connectivity index (χ2n) is 4.33. The van der Waals surface area contributed by atoms with Crippen molar-refractivity contribution >= 4 is 15.9 Å². The normalized spacial score (nSPS) is 21.0. The molecular formula is C12H15BrFNO. The lowest BCUT2D eigenvalue weighted by atomic mass is 9.92. The van der Waals surface area contributed by atoms with Crippen LogP contribution < -0.4 is 5.32 Å². The Balaban J connectivity index is 2.09. The largest absolute Gasteiger partial charge is 0.505 e. The van der Waals surface area contributed by atoms with E-state index in [-0.39, 0.29) is 5.75 Å². The number of benzene rings is 1. The standard InChI is InChI=1S/C12H15BrFNO/c13-10-5-9(6-11(16)12(10)14)4-8-2-1-3-15-7-8/h5-6,8,15-16H,1-4,7H2. The van der Waals surface area contributed by atoms with Gasteiger partial charge in [0.2, 0.25) is 0 Å². The first-order chi connectivity index (χ1) is 7.66. The smallest absolute Gasteiger partial charge is 0.178 e. The highest BCUT2D eigenvalue weighted by Crippen LogP contribution is 2.28. The quantitative estimate of drug-likeness (QED) is 0.877. The zero-order valence-corrected chi connectivity index (χ0v) is 10.6. The summed E-state index contributed by atoms with van der Waals surface area (Å²) < 4.78 is 13.5. The molecule has 0 saturated carbocycles. The third-order valence-corrected chi connectivity index (χ3v) is 3.57. The highest BCUT2D eigenvalue weighted by molar-refractivity contribution is 9.10. The molecule has 2 N–H and O–H groups in total. The van der Waals surface area contributed by atoms with Crippen LogP contribution in [0.2, 0.25) is 0 Å². The highest BCUT2D eigenvalue weighted by atomic mass is 79.9. The molecule has 1 fully saturated rings. The van der Waals surface area contributed by atoms with Gasteiger partial charge in [0.1, 0.15) is 0 Å². The third kappa shape index (κ3) is 2.74. The summed E-state index contributed by atoms with van der Waals surface area (Å²) in [6.07, 6.45) is 3.28. The van der Waals surface area contributed by atoms with Crippen molar-refractivity contribution in [2.45, 2.75) is 19.3 Å². The summed E-state index contributed by atoms with van der Waals surface area (Å²) in [7, 11) is 0. The zero-order chi connectivity index (χ0) is 11.5. The number of halogens is 2. The summed E-state index contributed by atoms with van der Waals surface area (Å²) in [5.41, 5.74) is 0.986. The van der Waals surface area contributed by atoms with E-state index < -0.39 is 5.82 Å². The van der Waals surface area contributed by atoms with Crippen LogP contribution in [0, 0.1) is 11.7 Å². The summed E-state index contributed by atoms with van der Waals surface area (Å²) in [5.74, 6) is -0.260. The van der Waals surface area contributed by atoms with E-state index >= 15 is 0 Å². The number of aromatic hydroxyl groups is 1. The van der Waals surface area contributed by atoms with Gasteiger partial charge in [0.05, 0.1) is 4.47 Å². The fraction of sp³-hybridized carbons (Fsp3) is 0.500. The molecule has 2 rings (SSSR count). The van der Waals surface area contributed by atoms with Gasteiger partial charge in [-0.15, -0.1) is 0 Å². The Morgan fingerprint density at radius 1 is 1.50 bits per heavy atom. The number of nitrogens with one attached hydrogen (secondary N) is 1. The molecule has 0 radical (unpaired) electrons. The number of hydrogen-bond acceptors (Lipinski definition) is 2. The van der Waals surface area contributed by atoms with E-state index in [1.807, 2.05) is 0 Å². The van der Waals surface area contributed by atoms with Gasteiger partial charge in [-0.05, 0) is 71.9 Å². The molecule has 88 valence electrons. The van der Waals surface area contributed by atoms with Crippen LogP contribution in [-0.2, 0) is 6.42 Å². The summed E-state index contributed by atoms with van der Waals surface area (Å²) >= 11 is 3.11. The first-order valence-corrected chi connectivity index (χ1v) is 6.33. The molecule has 4 heteroatoms. The Morgan fingerprint density at radius 3 is 2.94 bits per heavy atom. The second-order valence-corrected chi connectivity index (χ2v) is 5.18. The molecule has 1 aliphatic rings. The van der Waals surface area contributed by atoms with Gasteiger partial charge in [0.15, 0.2) is 11.6 Å². The number of phenols is 1. The van der Waals surface area contributed by atoms with Gasteiger partial charge < -0.3 is 10.4 Å². The molecule has 1 atom stereocenters. The van der Waals surface area contributed by atoms with E-state index in [0.29, 0.717) is 10.4 Å². The first-order valence-electron chi connectivity index (χ1n) is 5.54. The summed E-state index contributed by atoms with van der Waals surface area (Å²) in [6, 6.07) is 3.28. The third-order valence-electron chi connectivity index (χ3n) is 2.99. The monoisotopic (exact) mass is 287 g/mol. The fourth-order valence-corrected chi connectivity index (χ4v) is 2.68. The van der Waals surface area contributed by atoms with Crippen molar-refractivity contribution in [1.29, 1.82) is 0 Å². The van der Waals surface area contributed by atoms with Crippen LogP contribution in [0.1, 0.15) is 18.4 Å². The molecule has 0 amide bonds. The van der Waals surface area contributed by atoms with Crippen LogP contribution in [-0.4, -0.2) is 18.2 Å². The van der Waals surface area contributed by atoms with Gasteiger partial charge >= 0.3 is 0 Å². The Bertz CT molecular complexity index is 354. The minimum atomic E-state index is -0.578. The number of hydrogen-bond donors (Lipinski definition) is 2. The highest BCUT2D eigenvalue weighted by Gasteiger charge is 2.15. The van der Waals surface area contributed by atoms with Crippen molar-refractivity contribution < 1.29 is 9.50 Å². The Hall–Kier alpha value is -0.610. The van der Waals surface area contributed by atoms with Crippen molar-refractivity contribution in [2.24, 2.45) is 5.92 Å². The van der Waals surface area contributed by atoms with Crippen molar-refractivity contribution in [3.05, 3.63) is 28.0 Å². The molecule has 1 aliphatic heterocycles. The number of rotatable bonds is 2. The SMILES string of the molecule is Oc1cc(CC2CCCNC2)cc(Br)c1F. The molecule has 1 unspecified atom stereocenters. The summed E-state index contributed by atoms with van der Waals surface area (Å²) in [4.78, 5) is 0. The van der Waals surface area contributed by atoms with Crippen molar-refractivity contribution in [3.8, 4) is 5.75 Å². The van der Waals surface area contributed by atoms with Crippen LogP contribution in [0.4, 0.5) is 4.39 Å². The molecule has 1 saturated heterocycles. The minimum Gasteiger partial charge on any atom is -0.505 e. The maximum Gasteiger partial charge on any atom is 0.178 e. The van der Waals surface area contributed by atoms with Gasteiger partial charge in [0, 0.05) is 0 Å². The molecular weight excluding hydrogens is 273 g/mol. The molecule has 1 aromatic rings. The average molecular weight is 288 g/mol. The van der Waals surface area contributed by atoms with Gasteiger partial charge in [-0.3, -0.25) is 0 Å². The Kier molecular flexibility index (Phi) is 3.82. The summed E-state index contributed by atoms with van der Waals surface area (Å²) in [5, 5.41) is 12.7. The number of piperidine rings is 1. The van der Waals surface area contributed by atoms with E-state index in [1.54, 1.807) is 6.07 Å². The molecule has 1 aromatic carbocycles. The Labute approximate surface area is 103 Å². The van der Waals surface area contributed by atoms with Gasteiger partial charge in [-0.2, -0.15) is 0 Å².